The van der Waals surface area contributed by atoms with E-state index < -0.39 is 17.2 Å². The minimum Gasteiger partial charge on any atom is -0.368 e. The molecule has 2 rings (SSSR count). The van der Waals surface area contributed by atoms with Gasteiger partial charge in [0.2, 0.25) is 11.3 Å². The molecule has 0 fully saturated rings. The quantitative estimate of drug-likeness (QED) is 0.892. The maximum Gasteiger partial charge on any atom is 0.278 e. The Morgan fingerprint density at radius 2 is 1.91 bits per heavy atom. The van der Waals surface area contributed by atoms with Gasteiger partial charge in [-0.25, -0.2) is 4.68 Å². The van der Waals surface area contributed by atoms with Crippen LogP contribution in [0.5, 0.6) is 0 Å². The first-order valence-electron chi connectivity index (χ1n) is 6.70. The van der Waals surface area contributed by atoms with E-state index in [0.29, 0.717) is 16.4 Å². The van der Waals surface area contributed by atoms with E-state index in [4.69, 9.17) is 17.3 Å². The Hall–Kier alpha value is -2.67. The fourth-order valence-corrected chi connectivity index (χ4v) is 2.15. The fraction of sp³-hybridized carbons (Fsp3) is 0.200. The Morgan fingerprint density at radius 3 is 2.48 bits per heavy atom. The highest BCUT2D eigenvalue weighted by Gasteiger charge is 2.20. The van der Waals surface area contributed by atoms with Crippen LogP contribution in [0.25, 0.3) is 5.69 Å². The molecule has 1 aromatic heterocycles. The maximum atomic E-state index is 12.3. The number of hydrogen-bond acceptors (Lipinski definition) is 4. The van der Waals surface area contributed by atoms with Gasteiger partial charge in [0, 0.05) is 23.8 Å². The third-order valence-corrected chi connectivity index (χ3v) is 3.37. The van der Waals surface area contributed by atoms with Crippen LogP contribution >= 0.6 is 11.6 Å². The number of halogens is 1. The number of nitrogens with two attached hydrogens (primary N) is 1. The van der Waals surface area contributed by atoms with Gasteiger partial charge in [-0.2, -0.15) is 5.10 Å². The minimum atomic E-state index is -0.675. The second kappa shape index (κ2) is 6.62. The number of carbonyl (C=O) groups is 2. The van der Waals surface area contributed by atoms with Gasteiger partial charge < -0.3 is 10.6 Å². The molecule has 8 heteroatoms. The Balaban J connectivity index is 2.48. The largest absolute Gasteiger partial charge is 0.368 e. The molecule has 1 aromatic carbocycles. The number of likely N-dealkylation sites (N-methyl/N-ethyl adjacent to an activating group) is 1. The van der Waals surface area contributed by atoms with Gasteiger partial charge in [-0.3, -0.25) is 14.4 Å². The topological polar surface area (TPSA) is 98.3 Å². The van der Waals surface area contributed by atoms with Gasteiger partial charge in [-0.05, 0) is 31.2 Å². The molecule has 23 heavy (non-hydrogen) atoms. The number of rotatable bonds is 4. The first-order valence-corrected chi connectivity index (χ1v) is 7.08. The molecule has 0 unspecified atom stereocenters. The third-order valence-electron chi connectivity index (χ3n) is 3.12. The molecular weight excluding hydrogens is 320 g/mol. The second-order valence-electron chi connectivity index (χ2n) is 5.01. The van der Waals surface area contributed by atoms with Crippen molar-refractivity contribution in [2.45, 2.75) is 6.92 Å². The van der Waals surface area contributed by atoms with Gasteiger partial charge in [0.15, 0.2) is 5.69 Å². The van der Waals surface area contributed by atoms with Crippen molar-refractivity contribution in [3.05, 3.63) is 57.0 Å². The summed E-state index contributed by atoms with van der Waals surface area (Å²) in [6.45, 7) is 1.40. The summed E-state index contributed by atoms with van der Waals surface area (Å²) in [6, 6.07) is 8.10. The Bertz CT molecular complexity index is 814. The summed E-state index contributed by atoms with van der Waals surface area (Å²) in [5, 5.41) is 4.68. The van der Waals surface area contributed by atoms with Crippen molar-refractivity contribution in [1.82, 2.24) is 14.7 Å². The highest BCUT2D eigenvalue weighted by molar-refractivity contribution is 6.30. The van der Waals surface area contributed by atoms with Crippen molar-refractivity contribution in [2.75, 3.05) is 13.6 Å². The number of primary amides is 1. The number of amides is 2. The zero-order valence-corrected chi connectivity index (χ0v) is 13.4. The highest BCUT2D eigenvalue weighted by atomic mass is 35.5. The van der Waals surface area contributed by atoms with E-state index in [1.54, 1.807) is 31.2 Å². The average molecular weight is 335 g/mol. The zero-order valence-electron chi connectivity index (χ0n) is 12.6. The highest BCUT2D eigenvalue weighted by Crippen LogP contribution is 2.14. The van der Waals surface area contributed by atoms with Crippen LogP contribution in [0.15, 0.2) is 35.1 Å². The summed E-state index contributed by atoms with van der Waals surface area (Å²) in [4.78, 5) is 36.3. The van der Waals surface area contributed by atoms with E-state index in [1.807, 2.05) is 0 Å². The van der Waals surface area contributed by atoms with Crippen LogP contribution in [0.3, 0.4) is 0 Å². The summed E-state index contributed by atoms with van der Waals surface area (Å²) in [5.41, 5.74) is 5.47. The lowest BCUT2D eigenvalue weighted by atomic mass is 10.2. The number of nitrogens with zero attached hydrogens (tertiary/aromatic N) is 3. The van der Waals surface area contributed by atoms with Crippen LogP contribution < -0.4 is 11.2 Å². The summed E-state index contributed by atoms with van der Waals surface area (Å²) in [6.07, 6.45) is 0. The van der Waals surface area contributed by atoms with E-state index in [1.165, 1.54) is 17.8 Å². The molecule has 0 aliphatic heterocycles. The molecule has 7 nitrogen and oxygen atoms in total. The molecule has 0 atom stereocenters. The summed E-state index contributed by atoms with van der Waals surface area (Å²) in [7, 11) is 1.38. The SMILES string of the molecule is Cc1cc(=O)c(C(=O)N(C)CC(N)=O)nn1-c1ccc(Cl)cc1. The van der Waals surface area contributed by atoms with E-state index in [0.717, 1.165) is 4.90 Å². The smallest absolute Gasteiger partial charge is 0.278 e. The summed E-state index contributed by atoms with van der Waals surface area (Å²) < 4.78 is 1.46. The van der Waals surface area contributed by atoms with Crippen LogP contribution in [0.1, 0.15) is 16.2 Å². The monoisotopic (exact) mass is 334 g/mol. The number of aryl methyl sites for hydroxylation is 1. The first kappa shape index (κ1) is 16.7. The summed E-state index contributed by atoms with van der Waals surface area (Å²) in [5.74, 6) is -1.34. The lowest BCUT2D eigenvalue weighted by Crippen LogP contribution is -2.38. The zero-order chi connectivity index (χ0) is 17.1. The molecule has 0 aliphatic carbocycles. The van der Waals surface area contributed by atoms with Gasteiger partial charge in [-0.1, -0.05) is 11.6 Å². The van der Waals surface area contributed by atoms with E-state index >= 15 is 0 Å². The summed E-state index contributed by atoms with van der Waals surface area (Å²) >= 11 is 5.85. The molecule has 2 N–H and O–H groups in total. The third kappa shape index (κ3) is 3.75. The molecule has 0 radical (unpaired) electrons. The molecule has 120 valence electrons. The van der Waals surface area contributed by atoms with Crippen molar-refractivity contribution < 1.29 is 9.59 Å². The van der Waals surface area contributed by atoms with Crippen molar-refractivity contribution >= 4 is 23.4 Å². The maximum absolute atomic E-state index is 12.3. The Kier molecular flexibility index (Phi) is 4.80. The number of benzene rings is 1. The van der Waals surface area contributed by atoms with Crippen LogP contribution in [0.2, 0.25) is 5.02 Å². The second-order valence-corrected chi connectivity index (χ2v) is 5.45. The van der Waals surface area contributed by atoms with Gasteiger partial charge in [0.1, 0.15) is 0 Å². The van der Waals surface area contributed by atoms with Gasteiger partial charge >= 0.3 is 0 Å². The van der Waals surface area contributed by atoms with E-state index in [-0.39, 0.29) is 12.2 Å². The van der Waals surface area contributed by atoms with Crippen molar-refractivity contribution in [3.63, 3.8) is 0 Å². The van der Waals surface area contributed by atoms with E-state index in [2.05, 4.69) is 5.10 Å². The van der Waals surface area contributed by atoms with Gasteiger partial charge in [-0.15, -0.1) is 0 Å². The molecule has 2 aromatic rings. The van der Waals surface area contributed by atoms with Gasteiger partial charge in [0.05, 0.1) is 12.2 Å². The molecule has 0 saturated heterocycles. The van der Waals surface area contributed by atoms with Crippen LogP contribution in [0, 0.1) is 6.92 Å². The molecule has 0 aliphatic rings. The predicted molar refractivity (Wildman–Crippen MR) is 85.7 cm³/mol. The number of carbonyl (C=O) groups excluding carboxylic acids is 2. The lowest BCUT2D eigenvalue weighted by molar-refractivity contribution is -0.118. The van der Waals surface area contributed by atoms with Crippen molar-refractivity contribution in [1.29, 1.82) is 0 Å². The molecule has 0 saturated carbocycles. The van der Waals surface area contributed by atoms with Crippen LogP contribution in [-0.2, 0) is 4.79 Å². The molecular formula is C15H15ClN4O3. The number of hydrogen-bond donors (Lipinski definition) is 1. The standard InChI is InChI=1S/C15H15ClN4O3/c1-9-7-12(21)14(15(23)19(2)8-13(17)22)18-20(9)11-5-3-10(16)4-6-11/h3-7H,8H2,1-2H3,(H2,17,22). The molecule has 0 spiro atoms. The molecule has 2 amide bonds. The molecule has 1 heterocycles. The van der Waals surface area contributed by atoms with Crippen molar-refractivity contribution in [2.24, 2.45) is 5.73 Å². The fourth-order valence-electron chi connectivity index (χ4n) is 2.03. The lowest BCUT2D eigenvalue weighted by Gasteiger charge is -2.16. The first-order chi connectivity index (χ1) is 10.8. The number of aromatic nitrogens is 2. The average Bonchev–Trinajstić information content (AvgIpc) is 2.47. The Morgan fingerprint density at radius 1 is 1.30 bits per heavy atom. The van der Waals surface area contributed by atoms with Crippen molar-refractivity contribution in [3.8, 4) is 5.69 Å². The molecule has 0 bridgehead atoms. The Labute approximate surface area is 137 Å². The van der Waals surface area contributed by atoms with E-state index in [9.17, 15) is 14.4 Å². The minimum absolute atomic E-state index is 0.283. The van der Waals surface area contributed by atoms with Crippen LogP contribution in [-0.4, -0.2) is 40.1 Å². The van der Waals surface area contributed by atoms with Crippen LogP contribution in [0.4, 0.5) is 0 Å². The predicted octanol–water partition coefficient (Wildman–Crippen LogP) is 0.752. The van der Waals surface area contributed by atoms with Gasteiger partial charge in [0.25, 0.3) is 5.91 Å². The normalized spacial score (nSPS) is 10.4.